The molecule has 0 saturated carbocycles. The van der Waals surface area contributed by atoms with Crippen molar-refractivity contribution in [1.29, 1.82) is 0 Å². The highest BCUT2D eigenvalue weighted by Gasteiger charge is 2.30. The second-order valence-electron chi connectivity index (χ2n) is 4.46. The van der Waals surface area contributed by atoms with Crippen molar-refractivity contribution >= 4 is 12.0 Å². The van der Waals surface area contributed by atoms with Crippen molar-refractivity contribution in [3.63, 3.8) is 0 Å². The van der Waals surface area contributed by atoms with E-state index in [4.69, 9.17) is 9.47 Å². The van der Waals surface area contributed by atoms with Crippen LogP contribution in [0.5, 0.6) is 5.75 Å². The molecule has 0 fully saturated rings. The van der Waals surface area contributed by atoms with E-state index in [1.54, 1.807) is 7.11 Å². The van der Waals surface area contributed by atoms with E-state index in [0.29, 0.717) is 13.0 Å². The highest BCUT2D eigenvalue weighted by molar-refractivity contribution is 5.83. The van der Waals surface area contributed by atoms with Crippen LogP contribution in [-0.2, 0) is 9.53 Å². The van der Waals surface area contributed by atoms with E-state index in [0.717, 1.165) is 16.9 Å². The molecular weight excluding hydrogens is 228 g/mol. The van der Waals surface area contributed by atoms with Gasteiger partial charge in [-0.2, -0.15) is 0 Å². The van der Waals surface area contributed by atoms with Crippen LogP contribution in [0, 0.1) is 0 Å². The molecule has 96 valence electrons. The lowest BCUT2D eigenvalue weighted by atomic mass is 9.83. The van der Waals surface area contributed by atoms with Gasteiger partial charge in [0.2, 0.25) is 0 Å². The van der Waals surface area contributed by atoms with Crippen molar-refractivity contribution in [2.45, 2.75) is 26.2 Å². The molecule has 0 amide bonds. The summed E-state index contributed by atoms with van der Waals surface area (Å²) in [6, 6.07) is 5.83. The average Bonchev–Trinajstić information content (AvgIpc) is 2.37. The molecule has 0 spiro atoms. The first-order valence-electron chi connectivity index (χ1n) is 6.18. The molecule has 1 aromatic rings. The predicted molar refractivity (Wildman–Crippen MR) is 70.6 cm³/mol. The van der Waals surface area contributed by atoms with Crippen LogP contribution < -0.4 is 4.74 Å². The number of carbonyl (C=O) groups excluding carboxylic acids is 1. The molecular formula is C15H18O3. The molecule has 1 aromatic carbocycles. The predicted octanol–water partition coefficient (Wildman–Crippen LogP) is 3.15. The number of methoxy groups -OCH3 is 1. The highest BCUT2D eigenvalue weighted by atomic mass is 16.5. The Kier molecular flexibility index (Phi) is 3.70. The molecule has 1 aliphatic carbocycles. The van der Waals surface area contributed by atoms with Crippen molar-refractivity contribution in [2.24, 2.45) is 0 Å². The van der Waals surface area contributed by atoms with E-state index in [9.17, 15) is 4.79 Å². The summed E-state index contributed by atoms with van der Waals surface area (Å²) < 4.78 is 10.5. The molecule has 0 N–H and O–H groups in total. The molecule has 1 atom stereocenters. The van der Waals surface area contributed by atoms with Crippen LogP contribution in [0.25, 0.3) is 6.08 Å². The monoisotopic (exact) mass is 246 g/mol. The van der Waals surface area contributed by atoms with Crippen LogP contribution >= 0.6 is 0 Å². The maximum absolute atomic E-state index is 12.1. The van der Waals surface area contributed by atoms with E-state index in [-0.39, 0.29) is 11.9 Å². The van der Waals surface area contributed by atoms with Crippen molar-refractivity contribution in [1.82, 2.24) is 0 Å². The van der Waals surface area contributed by atoms with Crippen molar-refractivity contribution in [3.05, 3.63) is 34.9 Å². The fraction of sp³-hybridized carbons (Fsp3) is 0.400. The van der Waals surface area contributed by atoms with Gasteiger partial charge in [0, 0.05) is 5.56 Å². The lowest BCUT2D eigenvalue weighted by Crippen LogP contribution is -2.20. The minimum Gasteiger partial charge on any atom is -0.496 e. The molecule has 0 aromatic heterocycles. The molecule has 2 rings (SSSR count). The molecule has 18 heavy (non-hydrogen) atoms. The number of allylic oxidation sites excluding steroid dienone is 1. The van der Waals surface area contributed by atoms with Crippen LogP contribution in [0.2, 0.25) is 0 Å². The van der Waals surface area contributed by atoms with Crippen LogP contribution in [0.15, 0.2) is 23.8 Å². The van der Waals surface area contributed by atoms with Crippen LogP contribution in [0.4, 0.5) is 0 Å². The number of fused-ring (bicyclic) bond motifs is 1. The van der Waals surface area contributed by atoms with E-state index >= 15 is 0 Å². The van der Waals surface area contributed by atoms with Crippen LogP contribution in [-0.4, -0.2) is 19.7 Å². The van der Waals surface area contributed by atoms with Gasteiger partial charge >= 0.3 is 5.97 Å². The SMILES string of the molecule is CCOC(=O)C1CC(C)=Cc2cccc(OC)c21. The fourth-order valence-electron chi connectivity index (χ4n) is 2.43. The van der Waals surface area contributed by atoms with Gasteiger partial charge in [0.05, 0.1) is 19.6 Å². The summed E-state index contributed by atoms with van der Waals surface area (Å²) in [5.41, 5.74) is 3.19. The summed E-state index contributed by atoms with van der Waals surface area (Å²) in [7, 11) is 1.63. The summed E-state index contributed by atoms with van der Waals surface area (Å²) in [4.78, 5) is 12.1. The zero-order valence-corrected chi connectivity index (χ0v) is 11.0. The maximum Gasteiger partial charge on any atom is 0.313 e. The molecule has 0 heterocycles. The van der Waals surface area contributed by atoms with Gasteiger partial charge in [-0.1, -0.05) is 23.8 Å². The zero-order valence-electron chi connectivity index (χ0n) is 11.0. The maximum atomic E-state index is 12.1. The first kappa shape index (κ1) is 12.7. The zero-order chi connectivity index (χ0) is 13.1. The van der Waals surface area contributed by atoms with Crippen molar-refractivity contribution in [3.8, 4) is 5.75 Å². The quantitative estimate of drug-likeness (QED) is 0.768. The topological polar surface area (TPSA) is 35.5 Å². The minimum atomic E-state index is -0.249. The van der Waals surface area contributed by atoms with E-state index in [2.05, 4.69) is 6.08 Å². The van der Waals surface area contributed by atoms with E-state index < -0.39 is 0 Å². The lowest BCUT2D eigenvalue weighted by Gasteiger charge is -2.24. The fourth-order valence-corrected chi connectivity index (χ4v) is 2.43. The minimum absolute atomic E-state index is 0.171. The Morgan fingerprint density at radius 3 is 2.89 bits per heavy atom. The molecule has 3 heteroatoms. The summed E-state index contributed by atoms with van der Waals surface area (Å²) in [5.74, 6) is 0.339. The Morgan fingerprint density at radius 2 is 2.22 bits per heavy atom. The Labute approximate surface area is 107 Å². The molecule has 0 bridgehead atoms. The molecule has 0 radical (unpaired) electrons. The summed E-state index contributed by atoms with van der Waals surface area (Å²) in [6.45, 7) is 4.27. The van der Waals surface area contributed by atoms with Gasteiger partial charge in [-0.05, 0) is 31.9 Å². The summed E-state index contributed by atoms with van der Waals surface area (Å²) in [5, 5.41) is 0. The number of esters is 1. The van der Waals surface area contributed by atoms with Gasteiger partial charge in [-0.25, -0.2) is 0 Å². The average molecular weight is 246 g/mol. The van der Waals surface area contributed by atoms with Crippen molar-refractivity contribution in [2.75, 3.05) is 13.7 Å². The van der Waals surface area contributed by atoms with Gasteiger partial charge in [0.15, 0.2) is 0 Å². The first-order valence-corrected chi connectivity index (χ1v) is 6.18. The summed E-state index contributed by atoms with van der Waals surface area (Å²) >= 11 is 0. The molecule has 0 aliphatic heterocycles. The molecule has 1 aliphatic rings. The van der Waals surface area contributed by atoms with Gasteiger partial charge in [0.25, 0.3) is 0 Å². The second kappa shape index (κ2) is 5.25. The van der Waals surface area contributed by atoms with Gasteiger partial charge in [-0.3, -0.25) is 4.79 Å². The first-order chi connectivity index (χ1) is 8.67. The van der Waals surface area contributed by atoms with Crippen LogP contribution in [0.3, 0.4) is 0 Å². The van der Waals surface area contributed by atoms with Gasteiger partial charge in [0.1, 0.15) is 5.75 Å². The Morgan fingerprint density at radius 1 is 1.44 bits per heavy atom. The number of benzene rings is 1. The van der Waals surface area contributed by atoms with E-state index in [1.165, 1.54) is 5.57 Å². The largest absolute Gasteiger partial charge is 0.496 e. The Balaban J connectivity index is 2.48. The summed E-state index contributed by atoms with van der Waals surface area (Å²) in [6.07, 6.45) is 2.81. The molecule has 0 saturated heterocycles. The normalized spacial score (nSPS) is 17.7. The lowest BCUT2D eigenvalue weighted by molar-refractivity contribution is -0.145. The molecule has 3 nitrogen and oxygen atoms in total. The Bertz CT molecular complexity index is 489. The Hall–Kier alpha value is -1.77. The van der Waals surface area contributed by atoms with Crippen LogP contribution in [0.1, 0.15) is 37.3 Å². The third kappa shape index (κ3) is 2.26. The number of hydrogen-bond donors (Lipinski definition) is 0. The van der Waals surface area contributed by atoms with Gasteiger partial charge < -0.3 is 9.47 Å². The van der Waals surface area contributed by atoms with E-state index in [1.807, 2.05) is 32.0 Å². The third-order valence-corrected chi connectivity index (χ3v) is 3.17. The number of ether oxygens (including phenoxy) is 2. The van der Waals surface area contributed by atoms with Crippen molar-refractivity contribution < 1.29 is 14.3 Å². The second-order valence-corrected chi connectivity index (χ2v) is 4.46. The number of rotatable bonds is 3. The van der Waals surface area contributed by atoms with Gasteiger partial charge in [-0.15, -0.1) is 0 Å². The number of hydrogen-bond acceptors (Lipinski definition) is 3. The highest BCUT2D eigenvalue weighted by Crippen LogP contribution is 2.39. The standard InChI is InChI=1S/C15H18O3/c1-4-18-15(16)12-9-10(2)8-11-6-5-7-13(17-3)14(11)12/h5-8,12H,4,9H2,1-3H3. The smallest absolute Gasteiger partial charge is 0.313 e. The molecule has 1 unspecified atom stereocenters. The third-order valence-electron chi connectivity index (χ3n) is 3.17. The number of carbonyl (C=O) groups is 1.